The van der Waals surface area contributed by atoms with Gasteiger partial charge in [0, 0.05) is 41.3 Å². The van der Waals surface area contributed by atoms with Gasteiger partial charge in [-0.15, -0.1) is 0 Å². The molecule has 2 aromatic carbocycles. The third kappa shape index (κ3) is 12.0. The Bertz CT molecular complexity index is 647. The molecule has 0 bridgehead atoms. The van der Waals surface area contributed by atoms with Crippen molar-refractivity contribution in [1.82, 2.24) is 0 Å². The second-order valence-electron chi connectivity index (χ2n) is 7.30. The van der Waals surface area contributed by atoms with Gasteiger partial charge in [0.05, 0.1) is 11.4 Å². The SMILES string of the molecule is C(=Nc1ccccc1)C1CCCC1C=Nc1ccccc1.C1CCCC1.[Br][Ni][Br].[Fe]. The first-order valence-electron chi connectivity index (χ1n) is 10.3. The van der Waals surface area contributed by atoms with Crippen molar-refractivity contribution >= 4 is 52.3 Å². The zero-order valence-electron chi connectivity index (χ0n) is 17.1. The third-order valence-corrected chi connectivity index (χ3v) is 5.22. The van der Waals surface area contributed by atoms with Crippen LogP contribution in [0.3, 0.4) is 0 Å². The van der Waals surface area contributed by atoms with Crippen molar-refractivity contribution in [3.05, 3.63) is 60.7 Å². The molecule has 0 saturated heterocycles. The minimum absolute atomic E-state index is 0. The number of para-hydroxylation sites is 2. The van der Waals surface area contributed by atoms with Gasteiger partial charge in [0.1, 0.15) is 0 Å². The summed E-state index contributed by atoms with van der Waals surface area (Å²) in [6.45, 7) is 0. The predicted molar refractivity (Wildman–Crippen MR) is 131 cm³/mol. The molecule has 0 amide bonds. The van der Waals surface area contributed by atoms with Gasteiger partial charge in [-0.1, -0.05) is 74.9 Å². The number of nitrogens with zero attached hydrogens (tertiary/aromatic N) is 2. The quantitative estimate of drug-likeness (QED) is 0.241. The van der Waals surface area contributed by atoms with Crippen LogP contribution in [-0.4, -0.2) is 12.4 Å². The molecule has 0 aliphatic heterocycles. The molecule has 2 aromatic rings. The minimum atomic E-state index is 0. The van der Waals surface area contributed by atoms with Crippen LogP contribution in [0, 0.1) is 11.8 Å². The number of hydrogen-bond donors (Lipinski definition) is 0. The Balaban J connectivity index is 0.000000424. The molecular formula is C24H30Br2FeN2Ni. The topological polar surface area (TPSA) is 24.7 Å². The standard InChI is InChI=1S/C19H20N2.C5H10.2BrH.Fe.Ni/c1-3-10-18(11-4-1)20-14-16-8-7-9-17(16)15-21-19-12-5-2-6-13-19;1-2-4-5-3-1;;;;/h1-6,10-17H,7-9H2;1-5H2;2*1H;;/q;;;;;+2/p-2. The molecule has 30 heavy (non-hydrogen) atoms. The maximum atomic E-state index is 4.61. The third-order valence-electron chi connectivity index (χ3n) is 5.22. The largest absolute Gasteiger partial charge is 0 e. The fourth-order valence-electron chi connectivity index (χ4n) is 3.66. The van der Waals surface area contributed by atoms with Gasteiger partial charge < -0.3 is 0 Å². The molecule has 0 N–H and O–H groups in total. The van der Waals surface area contributed by atoms with Crippen LogP contribution in [0.25, 0.3) is 0 Å². The van der Waals surface area contributed by atoms with Crippen molar-refractivity contribution < 1.29 is 28.0 Å². The second kappa shape index (κ2) is 18.3. The van der Waals surface area contributed by atoms with Gasteiger partial charge in [0.25, 0.3) is 0 Å². The van der Waals surface area contributed by atoms with E-state index in [1.165, 1.54) is 62.3 Å². The Morgan fingerprint density at radius 3 is 1.30 bits per heavy atom. The van der Waals surface area contributed by atoms with E-state index in [0.717, 1.165) is 11.4 Å². The molecule has 2 saturated carbocycles. The second-order valence-corrected chi connectivity index (χ2v) is 12.3. The van der Waals surface area contributed by atoms with Crippen LogP contribution in [0.15, 0.2) is 70.6 Å². The molecule has 0 heterocycles. The summed E-state index contributed by atoms with van der Waals surface area (Å²) >= 11 is 6.00. The van der Waals surface area contributed by atoms with Crippen LogP contribution in [0.2, 0.25) is 0 Å². The summed E-state index contributed by atoms with van der Waals surface area (Å²) in [5.74, 6) is 1.02. The minimum Gasteiger partial charge on any atom is 0 e. The maximum absolute atomic E-state index is 4.61. The number of rotatable bonds is 4. The Morgan fingerprint density at radius 1 is 0.633 bits per heavy atom. The molecule has 2 atom stereocenters. The van der Waals surface area contributed by atoms with Gasteiger partial charge in [0.15, 0.2) is 0 Å². The van der Waals surface area contributed by atoms with E-state index in [2.05, 4.69) is 50.9 Å². The first-order chi connectivity index (χ1) is 14.3. The number of hydrogen-bond acceptors (Lipinski definition) is 2. The first kappa shape index (κ1) is 27.8. The summed E-state index contributed by atoms with van der Waals surface area (Å²) < 4.78 is 0. The normalized spacial score (nSPS) is 20.3. The van der Waals surface area contributed by atoms with E-state index < -0.39 is 0 Å². The fraction of sp³-hybridized carbons (Fsp3) is 0.417. The zero-order valence-corrected chi connectivity index (χ0v) is 22.3. The fourth-order valence-corrected chi connectivity index (χ4v) is 3.66. The van der Waals surface area contributed by atoms with E-state index in [0.29, 0.717) is 11.8 Å². The Hall–Kier alpha value is -0.247. The molecule has 168 valence electrons. The molecule has 0 aromatic heterocycles. The Morgan fingerprint density at radius 2 is 0.967 bits per heavy atom. The average Bonchev–Trinajstić information content (AvgIpc) is 3.48. The monoisotopic (exact) mass is 618 g/mol. The van der Waals surface area contributed by atoms with Gasteiger partial charge in [-0.3, -0.25) is 9.98 Å². The Kier molecular flexibility index (Phi) is 17.0. The van der Waals surface area contributed by atoms with Crippen molar-refractivity contribution in [2.24, 2.45) is 21.8 Å². The average molecular weight is 621 g/mol. The molecule has 2 nitrogen and oxygen atoms in total. The van der Waals surface area contributed by atoms with Crippen molar-refractivity contribution in [3.8, 4) is 0 Å². The van der Waals surface area contributed by atoms with Crippen LogP contribution >= 0.6 is 28.5 Å². The molecule has 2 fully saturated rings. The summed E-state index contributed by atoms with van der Waals surface area (Å²) in [6, 6.07) is 20.3. The van der Waals surface area contributed by atoms with Crippen molar-refractivity contribution in [3.63, 3.8) is 0 Å². The van der Waals surface area contributed by atoms with E-state index in [1.807, 2.05) is 60.7 Å². The molecule has 0 radical (unpaired) electrons. The molecule has 4 rings (SSSR count). The van der Waals surface area contributed by atoms with Crippen LogP contribution in [0.4, 0.5) is 11.4 Å². The van der Waals surface area contributed by atoms with Crippen LogP contribution in [0.1, 0.15) is 51.4 Å². The van der Waals surface area contributed by atoms with Gasteiger partial charge >= 0.3 is 39.3 Å². The van der Waals surface area contributed by atoms with Crippen molar-refractivity contribution in [2.75, 3.05) is 0 Å². The zero-order chi connectivity index (χ0) is 20.6. The smallest absolute Gasteiger partial charge is 0 e. The van der Waals surface area contributed by atoms with Gasteiger partial charge in [-0.2, -0.15) is 0 Å². The predicted octanol–water partition coefficient (Wildman–Crippen LogP) is 8.84. The van der Waals surface area contributed by atoms with Crippen LogP contribution in [-0.2, 0) is 28.0 Å². The van der Waals surface area contributed by atoms with Crippen molar-refractivity contribution in [2.45, 2.75) is 51.4 Å². The van der Waals surface area contributed by atoms with Gasteiger partial charge in [-0.25, -0.2) is 0 Å². The van der Waals surface area contributed by atoms with E-state index >= 15 is 0 Å². The summed E-state index contributed by atoms with van der Waals surface area (Å²) in [5, 5.41) is 0. The van der Waals surface area contributed by atoms with Crippen LogP contribution in [0.5, 0.6) is 0 Å². The summed E-state index contributed by atoms with van der Waals surface area (Å²) in [7, 11) is 1.25. The summed E-state index contributed by atoms with van der Waals surface area (Å²) in [6.07, 6.45) is 15.4. The number of halogens is 2. The molecular weight excluding hydrogens is 591 g/mol. The van der Waals surface area contributed by atoms with E-state index in [4.69, 9.17) is 0 Å². The number of benzene rings is 2. The van der Waals surface area contributed by atoms with E-state index in [-0.39, 0.29) is 17.1 Å². The van der Waals surface area contributed by atoms with Crippen LogP contribution < -0.4 is 0 Å². The van der Waals surface area contributed by atoms with Gasteiger partial charge in [0.2, 0.25) is 0 Å². The molecule has 6 heteroatoms. The maximum Gasteiger partial charge on any atom is 0 e. The summed E-state index contributed by atoms with van der Waals surface area (Å²) in [4.78, 5) is 9.21. The number of aliphatic imine (C=N–C) groups is 2. The summed E-state index contributed by atoms with van der Waals surface area (Å²) in [5.41, 5.74) is 2.06. The molecule has 2 unspecified atom stereocenters. The van der Waals surface area contributed by atoms with Crippen molar-refractivity contribution in [1.29, 1.82) is 0 Å². The molecule has 2 aliphatic carbocycles. The molecule has 0 spiro atoms. The first-order valence-corrected chi connectivity index (χ1v) is 15.2. The van der Waals surface area contributed by atoms with E-state index in [1.54, 1.807) is 0 Å². The van der Waals surface area contributed by atoms with E-state index in [9.17, 15) is 0 Å². The van der Waals surface area contributed by atoms with Gasteiger partial charge in [-0.05, 0) is 37.1 Å². The Labute approximate surface area is 212 Å². The molecule has 2 aliphatic rings.